The maximum absolute atomic E-state index is 4.69. The highest BCUT2D eigenvalue weighted by Crippen LogP contribution is 2.40. The molecule has 0 fully saturated rings. The van der Waals surface area contributed by atoms with Gasteiger partial charge in [-0.3, -0.25) is 0 Å². The zero-order valence-electron chi connectivity index (χ0n) is 11.0. The molecule has 0 aliphatic carbocycles. The van der Waals surface area contributed by atoms with Crippen molar-refractivity contribution in [2.24, 2.45) is 9.81 Å². The Hall–Kier alpha value is -0.500. The van der Waals surface area contributed by atoms with E-state index in [1.807, 2.05) is 6.21 Å². The van der Waals surface area contributed by atoms with Crippen molar-refractivity contribution in [3.05, 3.63) is 22.8 Å². The van der Waals surface area contributed by atoms with Crippen LogP contribution >= 0.6 is 0 Å². The van der Waals surface area contributed by atoms with E-state index in [1.165, 1.54) is 12.2 Å². The third kappa shape index (κ3) is 2.13. The van der Waals surface area contributed by atoms with Crippen LogP contribution in [0.3, 0.4) is 0 Å². The minimum absolute atomic E-state index is 0.213. The molecule has 2 heterocycles. The minimum Gasteiger partial charge on any atom is -0.0662 e. The summed E-state index contributed by atoms with van der Waals surface area (Å²) in [6.07, 6.45) is 5.51. The predicted octanol–water partition coefficient (Wildman–Crippen LogP) is 3.69. The van der Waals surface area contributed by atoms with Gasteiger partial charge in [0.1, 0.15) is 11.1 Å². The maximum Gasteiger partial charge on any atom is 0.171 e. The van der Waals surface area contributed by atoms with Crippen LogP contribution in [0.5, 0.6) is 0 Å². The molecule has 2 aliphatic heterocycles. The van der Waals surface area contributed by atoms with E-state index in [0.29, 0.717) is 5.25 Å². The first-order valence-corrected chi connectivity index (χ1v) is 7.41. The number of hydrogen-bond acceptors (Lipinski definition) is 1. The third-order valence-corrected chi connectivity index (χ3v) is 5.77. The first kappa shape index (κ1) is 12.0. The molecular formula is C14H22NS+. The molecule has 0 aromatic carbocycles. The molecule has 16 heavy (non-hydrogen) atoms. The van der Waals surface area contributed by atoms with Crippen LogP contribution in [0.25, 0.3) is 0 Å². The molecule has 0 bridgehead atoms. The van der Waals surface area contributed by atoms with Crippen molar-refractivity contribution >= 4 is 17.3 Å². The van der Waals surface area contributed by atoms with E-state index < -0.39 is 0 Å². The van der Waals surface area contributed by atoms with Crippen molar-refractivity contribution in [2.45, 2.75) is 46.3 Å². The minimum atomic E-state index is 0.213. The van der Waals surface area contributed by atoms with E-state index in [0.717, 1.165) is 0 Å². The molecule has 2 rings (SSSR count). The van der Waals surface area contributed by atoms with Gasteiger partial charge >= 0.3 is 0 Å². The van der Waals surface area contributed by atoms with Gasteiger partial charge in [0.15, 0.2) is 11.0 Å². The van der Waals surface area contributed by atoms with Gasteiger partial charge in [0.25, 0.3) is 0 Å². The summed E-state index contributed by atoms with van der Waals surface area (Å²) in [5, 5.41) is 0.675. The fourth-order valence-corrected chi connectivity index (χ4v) is 4.89. The Morgan fingerprint density at radius 1 is 1.25 bits per heavy atom. The number of rotatable bonds is 0. The van der Waals surface area contributed by atoms with Crippen LogP contribution in [-0.2, 0) is 11.1 Å². The molecule has 0 radical (unpaired) electrons. The molecule has 0 aromatic heterocycles. The topological polar surface area (TPSA) is 12.4 Å². The van der Waals surface area contributed by atoms with Gasteiger partial charge in [0, 0.05) is 6.42 Å². The Bertz CT molecular complexity index is 382. The lowest BCUT2D eigenvalue weighted by molar-refractivity contribution is 0.484. The molecule has 0 saturated carbocycles. The molecule has 0 amide bonds. The number of fused-ring (bicyclic) bond motifs is 1. The van der Waals surface area contributed by atoms with Crippen molar-refractivity contribution < 1.29 is 0 Å². The number of allylic oxidation sites excluding steroid dienone is 2. The predicted molar refractivity (Wildman–Crippen MR) is 75.0 cm³/mol. The zero-order chi connectivity index (χ0) is 11.9. The fourth-order valence-electron chi connectivity index (χ4n) is 2.39. The molecule has 88 valence electrons. The van der Waals surface area contributed by atoms with Gasteiger partial charge in [-0.15, -0.1) is 0 Å². The van der Waals surface area contributed by atoms with Gasteiger partial charge in [0.2, 0.25) is 0 Å². The van der Waals surface area contributed by atoms with Gasteiger partial charge in [-0.05, 0) is 36.5 Å². The van der Waals surface area contributed by atoms with E-state index in [2.05, 4.69) is 40.7 Å². The highest BCUT2D eigenvalue weighted by molar-refractivity contribution is 7.96. The van der Waals surface area contributed by atoms with E-state index in [9.17, 15) is 0 Å². The molecular weight excluding hydrogens is 214 g/mol. The second-order valence-corrected chi connectivity index (χ2v) is 7.80. The van der Waals surface area contributed by atoms with Crippen LogP contribution < -0.4 is 0 Å². The van der Waals surface area contributed by atoms with Crippen LogP contribution in [0.1, 0.15) is 41.0 Å². The molecule has 0 N–H and O–H groups in total. The quantitative estimate of drug-likeness (QED) is 0.449. The third-order valence-electron chi connectivity index (χ3n) is 3.58. The molecule has 0 spiro atoms. The van der Waals surface area contributed by atoms with Crippen LogP contribution in [0.15, 0.2) is 27.2 Å². The summed E-state index contributed by atoms with van der Waals surface area (Å²) >= 11 is 0.213. The zero-order valence-corrected chi connectivity index (χ0v) is 11.8. The average molecular weight is 236 g/mol. The smallest absolute Gasteiger partial charge is 0.0662 e. The first-order chi connectivity index (χ1) is 7.39. The number of nitrogens with zero attached hydrogens (tertiary/aromatic N) is 1. The Balaban J connectivity index is 2.33. The summed E-state index contributed by atoms with van der Waals surface area (Å²) in [4.78, 5) is 0. The van der Waals surface area contributed by atoms with Gasteiger partial charge < -0.3 is 0 Å². The summed E-state index contributed by atoms with van der Waals surface area (Å²) in [6, 6.07) is 0. The normalized spacial score (nSPS) is 30.2. The van der Waals surface area contributed by atoms with E-state index in [1.54, 1.807) is 16.7 Å². The molecule has 0 saturated heterocycles. The van der Waals surface area contributed by atoms with Gasteiger partial charge in [0.05, 0.1) is 6.21 Å². The van der Waals surface area contributed by atoms with Crippen molar-refractivity contribution in [2.75, 3.05) is 5.75 Å². The van der Waals surface area contributed by atoms with E-state index in [4.69, 9.17) is 4.40 Å². The van der Waals surface area contributed by atoms with Gasteiger partial charge in [-0.2, -0.15) is 0 Å². The first-order valence-electron chi connectivity index (χ1n) is 5.99. The van der Waals surface area contributed by atoms with Crippen LogP contribution in [0.2, 0.25) is 0 Å². The van der Waals surface area contributed by atoms with Crippen molar-refractivity contribution in [1.82, 2.24) is 0 Å². The monoisotopic (exact) mass is 236 g/mol. The SMILES string of the molecule is CC1=C(C)C[S+]2N=CC=C(C(C)(C)C)C2C1. The van der Waals surface area contributed by atoms with Crippen molar-refractivity contribution in [3.8, 4) is 0 Å². The maximum atomic E-state index is 4.69. The largest absolute Gasteiger partial charge is 0.171 e. The van der Waals surface area contributed by atoms with Crippen molar-refractivity contribution in [3.63, 3.8) is 0 Å². The van der Waals surface area contributed by atoms with Crippen LogP contribution in [0.4, 0.5) is 0 Å². The second kappa shape index (κ2) is 4.06. The molecule has 2 unspecified atom stereocenters. The average Bonchev–Trinajstić information content (AvgIpc) is 2.17. The summed E-state index contributed by atoms with van der Waals surface area (Å²) in [5.74, 6) is 1.18. The van der Waals surface area contributed by atoms with Crippen LogP contribution in [0, 0.1) is 5.41 Å². The summed E-state index contributed by atoms with van der Waals surface area (Å²) in [6.45, 7) is 11.5. The Morgan fingerprint density at radius 3 is 2.56 bits per heavy atom. The highest BCUT2D eigenvalue weighted by atomic mass is 32.2. The lowest BCUT2D eigenvalue weighted by Crippen LogP contribution is -2.36. The Labute approximate surface area is 102 Å². The second-order valence-electron chi connectivity index (χ2n) is 5.93. The highest BCUT2D eigenvalue weighted by Gasteiger charge is 2.43. The van der Waals surface area contributed by atoms with Crippen LogP contribution in [-0.4, -0.2) is 17.2 Å². The van der Waals surface area contributed by atoms with Gasteiger partial charge in [-0.25, -0.2) is 0 Å². The molecule has 1 nitrogen and oxygen atoms in total. The summed E-state index contributed by atoms with van der Waals surface area (Å²) < 4.78 is 4.69. The molecule has 2 aliphatic rings. The van der Waals surface area contributed by atoms with E-state index in [-0.39, 0.29) is 16.5 Å². The fraction of sp³-hybridized carbons (Fsp3) is 0.643. The molecule has 0 aromatic rings. The lowest BCUT2D eigenvalue weighted by Gasteiger charge is -2.32. The lowest BCUT2D eigenvalue weighted by atomic mass is 9.82. The number of hydrogen-bond donors (Lipinski definition) is 0. The Morgan fingerprint density at radius 2 is 1.94 bits per heavy atom. The summed E-state index contributed by atoms with van der Waals surface area (Å²) in [7, 11) is 0. The molecule has 2 atom stereocenters. The van der Waals surface area contributed by atoms with Crippen molar-refractivity contribution in [1.29, 1.82) is 0 Å². The van der Waals surface area contributed by atoms with E-state index >= 15 is 0 Å². The van der Waals surface area contributed by atoms with Gasteiger partial charge in [-0.1, -0.05) is 30.7 Å². The standard InChI is InChI=1S/C14H22NS/c1-10-8-13-12(14(3,4)5)6-7-15-16(13)9-11(10)2/h6-7,13H,8-9H2,1-5H3/q+1. The molecule has 2 heteroatoms. The Kier molecular flexibility index (Phi) is 3.04. The summed E-state index contributed by atoms with van der Waals surface area (Å²) in [5.41, 5.74) is 5.03.